The fourth-order valence-corrected chi connectivity index (χ4v) is 8.44. The van der Waals surface area contributed by atoms with Crippen molar-refractivity contribution in [3.63, 3.8) is 0 Å². The van der Waals surface area contributed by atoms with Crippen LogP contribution in [-0.2, 0) is 26.6 Å². The average Bonchev–Trinajstić information content (AvgIpc) is 3.39. The number of nitrogens with zero attached hydrogens (tertiary/aromatic N) is 3. The number of hydrogen-bond acceptors (Lipinski definition) is 9. The van der Waals surface area contributed by atoms with E-state index in [0.29, 0.717) is 44.0 Å². The first-order valence-corrected chi connectivity index (χ1v) is 16.3. The molecule has 43 heavy (non-hydrogen) atoms. The Morgan fingerprint density at radius 3 is 2.35 bits per heavy atom. The highest BCUT2D eigenvalue weighted by Gasteiger charge is 2.51. The van der Waals surface area contributed by atoms with Gasteiger partial charge in [0.25, 0.3) is 15.9 Å². The number of amides is 1. The smallest absolute Gasteiger partial charge is 0.270 e. The van der Waals surface area contributed by atoms with Crippen LogP contribution in [-0.4, -0.2) is 78.0 Å². The third kappa shape index (κ3) is 4.13. The van der Waals surface area contributed by atoms with Crippen molar-refractivity contribution in [3.8, 4) is 22.8 Å². The van der Waals surface area contributed by atoms with Crippen LogP contribution in [0.2, 0.25) is 0 Å². The lowest BCUT2D eigenvalue weighted by atomic mass is 9.79. The van der Waals surface area contributed by atoms with Gasteiger partial charge in [0, 0.05) is 59.4 Å². The van der Waals surface area contributed by atoms with Gasteiger partial charge in [-0.2, -0.15) is 0 Å². The second-order valence-electron chi connectivity index (χ2n) is 12.7. The van der Waals surface area contributed by atoms with Crippen molar-refractivity contribution in [1.29, 1.82) is 0 Å². The standard InChI is InChI=1S/C31H34N4O7S/c1-39-24-12-19(29(36)35-11-8-30(16-35)17-41-18-30)13-25(40-2)27(24)43(37,38)33-28-22-15-31(6-7-31)23-5-4-20(34-9-3-10-34)14-21(23)26(22)42-32-28/h4-5,12-14H,3,6-11,15-18H2,1-2H3,(H,32,33). The zero-order valence-corrected chi connectivity index (χ0v) is 25.1. The van der Waals surface area contributed by atoms with E-state index >= 15 is 0 Å². The predicted molar refractivity (Wildman–Crippen MR) is 158 cm³/mol. The monoisotopic (exact) mass is 606 g/mol. The van der Waals surface area contributed by atoms with E-state index in [1.807, 2.05) is 0 Å². The van der Waals surface area contributed by atoms with Crippen LogP contribution in [0.15, 0.2) is 39.8 Å². The first-order valence-electron chi connectivity index (χ1n) is 14.8. The molecule has 0 atom stereocenters. The minimum atomic E-state index is -4.26. The maximum atomic E-state index is 14.0. The Bertz CT molecular complexity index is 1730. The van der Waals surface area contributed by atoms with Crippen LogP contribution < -0.4 is 19.1 Å². The van der Waals surface area contributed by atoms with E-state index in [1.165, 1.54) is 38.3 Å². The van der Waals surface area contributed by atoms with Crippen LogP contribution in [0.5, 0.6) is 11.5 Å². The number of ether oxygens (including phenoxy) is 3. The lowest BCUT2D eigenvalue weighted by molar-refractivity contribution is -0.103. The molecule has 11 nitrogen and oxygen atoms in total. The van der Waals surface area contributed by atoms with Gasteiger partial charge < -0.3 is 28.5 Å². The van der Waals surface area contributed by atoms with Crippen molar-refractivity contribution in [2.24, 2.45) is 5.41 Å². The molecule has 2 aliphatic carbocycles. The number of fused-ring (bicyclic) bond motifs is 4. The molecule has 4 heterocycles. The molecule has 1 amide bonds. The summed E-state index contributed by atoms with van der Waals surface area (Å²) in [6.45, 7) is 4.60. The Balaban J connectivity index is 1.12. The second-order valence-corrected chi connectivity index (χ2v) is 14.3. The van der Waals surface area contributed by atoms with Gasteiger partial charge >= 0.3 is 0 Å². The summed E-state index contributed by atoms with van der Waals surface area (Å²) in [7, 11) is -1.51. The summed E-state index contributed by atoms with van der Waals surface area (Å²) >= 11 is 0. The molecule has 5 aliphatic rings. The average molecular weight is 607 g/mol. The number of nitrogens with one attached hydrogen (secondary N) is 1. The van der Waals surface area contributed by atoms with Crippen molar-refractivity contribution < 1.29 is 31.9 Å². The lowest BCUT2D eigenvalue weighted by Crippen LogP contribution is -2.45. The van der Waals surface area contributed by atoms with Crippen LogP contribution in [0.3, 0.4) is 0 Å². The molecule has 2 aromatic carbocycles. The fourth-order valence-electron chi connectivity index (χ4n) is 7.11. The number of anilines is 2. The van der Waals surface area contributed by atoms with Crippen molar-refractivity contribution in [3.05, 3.63) is 47.0 Å². The van der Waals surface area contributed by atoms with Gasteiger partial charge in [-0.3, -0.25) is 9.52 Å². The molecular weight excluding hydrogens is 572 g/mol. The molecule has 3 aromatic rings. The Kier molecular flexibility index (Phi) is 5.84. The number of carbonyl (C=O) groups is 1. The van der Waals surface area contributed by atoms with Crippen molar-refractivity contribution >= 4 is 27.4 Å². The van der Waals surface area contributed by atoms with Crippen molar-refractivity contribution in [1.82, 2.24) is 10.1 Å². The molecule has 12 heteroatoms. The summed E-state index contributed by atoms with van der Waals surface area (Å²) in [6, 6.07) is 9.46. The van der Waals surface area contributed by atoms with Crippen LogP contribution in [0, 0.1) is 5.41 Å². The molecule has 0 unspecified atom stereocenters. The lowest BCUT2D eigenvalue weighted by Gasteiger charge is -2.37. The molecule has 0 radical (unpaired) electrons. The first-order chi connectivity index (χ1) is 20.7. The Morgan fingerprint density at radius 1 is 1.02 bits per heavy atom. The Hall–Kier alpha value is -3.77. The van der Waals surface area contributed by atoms with Gasteiger partial charge in [0.15, 0.2) is 16.5 Å². The molecule has 2 spiro atoms. The topological polar surface area (TPSA) is 123 Å². The van der Waals surface area contributed by atoms with Gasteiger partial charge in [-0.1, -0.05) is 11.2 Å². The first kappa shape index (κ1) is 26.8. The number of rotatable bonds is 7. The summed E-state index contributed by atoms with van der Waals surface area (Å²) in [6.07, 6.45) is 4.77. The fraction of sp³-hybridized carbons (Fsp3) is 0.484. The molecule has 1 saturated carbocycles. The SMILES string of the molecule is COc1cc(C(=O)N2CCC3(COC3)C2)cc(OC)c1S(=O)(=O)Nc1noc2c1CC1(CC1)c1ccc(N3CCC3)cc1-2. The largest absolute Gasteiger partial charge is 0.495 e. The zero-order chi connectivity index (χ0) is 29.6. The summed E-state index contributed by atoms with van der Waals surface area (Å²) in [5.41, 5.74) is 4.42. The van der Waals surface area contributed by atoms with Gasteiger partial charge in [-0.05, 0) is 61.9 Å². The van der Waals surface area contributed by atoms with E-state index in [1.54, 1.807) is 4.90 Å². The van der Waals surface area contributed by atoms with E-state index in [2.05, 4.69) is 33.0 Å². The number of methoxy groups -OCH3 is 2. The highest BCUT2D eigenvalue weighted by molar-refractivity contribution is 7.93. The number of sulfonamides is 1. The molecule has 0 bridgehead atoms. The number of carbonyl (C=O) groups excluding carboxylic acids is 1. The maximum absolute atomic E-state index is 14.0. The number of benzene rings is 2. The van der Waals surface area contributed by atoms with E-state index in [9.17, 15) is 13.2 Å². The quantitative estimate of drug-likeness (QED) is 0.428. The van der Waals surface area contributed by atoms with E-state index in [-0.39, 0.29) is 38.9 Å². The zero-order valence-electron chi connectivity index (χ0n) is 24.3. The van der Waals surface area contributed by atoms with Crippen LogP contribution in [0.4, 0.5) is 11.5 Å². The van der Waals surface area contributed by atoms with Crippen LogP contribution in [0.1, 0.15) is 47.2 Å². The summed E-state index contributed by atoms with van der Waals surface area (Å²) in [5.74, 6) is 0.588. The van der Waals surface area contributed by atoms with E-state index in [4.69, 9.17) is 18.7 Å². The Morgan fingerprint density at radius 2 is 1.77 bits per heavy atom. The van der Waals surface area contributed by atoms with Gasteiger partial charge in [-0.25, -0.2) is 8.42 Å². The third-order valence-corrected chi connectivity index (χ3v) is 11.3. The second kappa shape index (κ2) is 9.36. The molecule has 1 aromatic heterocycles. The van der Waals surface area contributed by atoms with Crippen molar-refractivity contribution in [2.75, 3.05) is 63.2 Å². The number of hydrogen-bond donors (Lipinski definition) is 1. The van der Waals surface area contributed by atoms with Gasteiger partial charge in [0.1, 0.15) is 11.5 Å². The van der Waals surface area contributed by atoms with Crippen LogP contribution in [0.25, 0.3) is 11.3 Å². The third-order valence-electron chi connectivity index (χ3n) is 9.95. The number of aromatic nitrogens is 1. The molecule has 1 N–H and O–H groups in total. The minimum Gasteiger partial charge on any atom is -0.495 e. The normalized spacial score (nSPS) is 20.7. The summed E-state index contributed by atoms with van der Waals surface area (Å²) < 4.78 is 52.9. The highest BCUT2D eigenvalue weighted by atomic mass is 32.2. The molecule has 226 valence electrons. The minimum absolute atomic E-state index is 0.0108. The molecular formula is C31H34N4O7S. The van der Waals surface area contributed by atoms with Gasteiger partial charge in [-0.15, -0.1) is 0 Å². The van der Waals surface area contributed by atoms with Crippen molar-refractivity contribution in [2.45, 2.75) is 42.4 Å². The van der Waals surface area contributed by atoms with E-state index in [0.717, 1.165) is 49.2 Å². The molecule has 4 fully saturated rings. The highest BCUT2D eigenvalue weighted by Crippen LogP contribution is 2.59. The van der Waals surface area contributed by atoms with Gasteiger partial charge in [0.2, 0.25) is 0 Å². The molecule has 3 aliphatic heterocycles. The Labute approximate surface area is 250 Å². The van der Waals surface area contributed by atoms with E-state index < -0.39 is 10.0 Å². The molecule has 3 saturated heterocycles. The van der Waals surface area contributed by atoms with Crippen LogP contribution >= 0.6 is 0 Å². The number of likely N-dealkylation sites (tertiary alicyclic amines) is 1. The van der Waals surface area contributed by atoms with Gasteiger partial charge in [0.05, 0.1) is 27.4 Å². The summed E-state index contributed by atoms with van der Waals surface area (Å²) in [4.78, 5) is 17.3. The summed E-state index contributed by atoms with van der Waals surface area (Å²) in [5, 5.41) is 4.21. The maximum Gasteiger partial charge on any atom is 0.270 e. The predicted octanol–water partition coefficient (Wildman–Crippen LogP) is 3.82. The molecule has 8 rings (SSSR count).